The summed E-state index contributed by atoms with van der Waals surface area (Å²) in [5.74, 6) is 0.219. The molecule has 0 N–H and O–H groups in total. The molecule has 1 aromatic carbocycles. The number of carbonyl (C=O) groups is 1. The molecule has 1 saturated heterocycles. The van der Waals surface area contributed by atoms with Gasteiger partial charge in [-0.3, -0.25) is 9.69 Å². The predicted molar refractivity (Wildman–Crippen MR) is 88.8 cm³/mol. The van der Waals surface area contributed by atoms with E-state index in [9.17, 15) is 4.79 Å². The Morgan fingerprint density at radius 2 is 1.86 bits per heavy atom. The van der Waals surface area contributed by atoms with E-state index in [1.165, 1.54) is 11.3 Å². The molecule has 3 rings (SSSR count). The molecule has 0 amide bonds. The minimum atomic E-state index is 0.219. The van der Waals surface area contributed by atoms with Gasteiger partial charge in [0.25, 0.3) is 0 Å². The van der Waals surface area contributed by atoms with Crippen LogP contribution in [-0.4, -0.2) is 43.4 Å². The molecule has 1 aliphatic rings. The summed E-state index contributed by atoms with van der Waals surface area (Å²) < 4.78 is 0. The van der Waals surface area contributed by atoms with Crippen molar-refractivity contribution < 1.29 is 4.79 Å². The number of rotatable bonds is 4. The molecule has 2 aromatic rings. The lowest BCUT2D eigenvalue weighted by atomic mass is 10.2. The van der Waals surface area contributed by atoms with E-state index in [1.807, 2.05) is 35.7 Å². The highest BCUT2D eigenvalue weighted by Gasteiger charge is 2.21. The quantitative estimate of drug-likeness (QED) is 0.807. The maximum atomic E-state index is 12.1. The Kier molecular flexibility index (Phi) is 4.58. The van der Waals surface area contributed by atoms with Gasteiger partial charge in [0.15, 0.2) is 5.78 Å². The van der Waals surface area contributed by atoms with Gasteiger partial charge in [0.2, 0.25) is 0 Å². The summed E-state index contributed by atoms with van der Waals surface area (Å²) in [6.07, 6.45) is 0. The number of ketones is 1. The van der Waals surface area contributed by atoms with Crippen LogP contribution in [0, 0.1) is 0 Å². The smallest absolute Gasteiger partial charge is 0.186 e. The van der Waals surface area contributed by atoms with Crippen molar-refractivity contribution in [3.05, 3.63) is 51.7 Å². The maximum absolute atomic E-state index is 12.1. The number of benzene rings is 1. The molecule has 2 heterocycles. The Bertz CT molecular complexity index is 606. The number of piperazine rings is 1. The summed E-state index contributed by atoms with van der Waals surface area (Å²) in [5, 5.41) is 2.74. The van der Waals surface area contributed by atoms with E-state index >= 15 is 0 Å². The van der Waals surface area contributed by atoms with Crippen molar-refractivity contribution in [3.8, 4) is 0 Å². The highest BCUT2D eigenvalue weighted by Crippen LogP contribution is 2.26. The molecule has 110 valence electrons. The third-order valence-electron chi connectivity index (χ3n) is 3.73. The molecule has 1 aromatic heterocycles. The lowest BCUT2D eigenvalue weighted by molar-refractivity contribution is 0.0930. The van der Waals surface area contributed by atoms with Crippen molar-refractivity contribution in [1.82, 2.24) is 4.90 Å². The number of Topliss-reactive ketones (excluding diaryl/α,β-unsaturated/α-hetero) is 1. The van der Waals surface area contributed by atoms with Crippen molar-refractivity contribution in [2.45, 2.75) is 0 Å². The van der Waals surface area contributed by atoms with E-state index in [4.69, 9.17) is 11.6 Å². The van der Waals surface area contributed by atoms with Gasteiger partial charge in [-0.1, -0.05) is 29.8 Å². The van der Waals surface area contributed by atoms with Gasteiger partial charge >= 0.3 is 0 Å². The van der Waals surface area contributed by atoms with E-state index in [0.717, 1.165) is 41.8 Å². The molecule has 0 unspecified atom stereocenters. The first-order chi connectivity index (χ1) is 10.2. The molecular formula is C16H17ClN2OS. The van der Waals surface area contributed by atoms with Crippen LogP contribution in [0.5, 0.6) is 0 Å². The topological polar surface area (TPSA) is 23.6 Å². The van der Waals surface area contributed by atoms with Crippen LogP contribution in [0.25, 0.3) is 0 Å². The summed E-state index contributed by atoms with van der Waals surface area (Å²) in [5.41, 5.74) is 1.09. The van der Waals surface area contributed by atoms with Gasteiger partial charge in [-0.15, -0.1) is 11.3 Å². The molecule has 0 radical (unpaired) electrons. The van der Waals surface area contributed by atoms with E-state index < -0.39 is 0 Å². The van der Waals surface area contributed by atoms with Crippen molar-refractivity contribution >= 4 is 34.4 Å². The van der Waals surface area contributed by atoms with Crippen LogP contribution in [0.2, 0.25) is 5.02 Å². The van der Waals surface area contributed by atoms with Crippen LogP contribution in [0.1, 0.15) is 9.67 Å². The molecule has 0 saturated carbocycles. The number of hydrogen-bond donors (Lipinski definition) is 0. The van der Waals surface area contributed by atoms with Crippen LogP contribution < -0.4 is 4.90 Å². The van der Waals surface area contributed by atoms with Crippen LogP contribution in [0.4, 0.5) is 5.69 Å². The Morgan fingerprint density at radius 1 is 1.10 bits per heavy atom. The number of anilines is 1. The van der Waals surface area contributed by atoms with E-state index in [2.05, 4.69) is 15.9 Å². The fourth-order valence-corrected chi connectivity index (χ4v) is 3.49. The number of thiophene rings is 1. The van der Waals surface area contributed by atoms with Gasteiger partial charge in [0.05, 0.1) is 22.1 Å². The second-order valence-corrected chi connectivity index (χ2v) is 6.47. The average molecular weight is 321 g/mol. The highest BCUT2D eigenvalue weighted by atomic mass is 35.5. The Hall–Kier alpha value is -1.36. The van der Waals surface area contributed by atoms with Gasteiger partial charge in [-0.2, -0.15) is 0 Å². The third kappa shape index (κ3) is 3.46. The van der Waals surface area contributed by atoms with E-state index in [-0.39, 0.29) is 5.78 Å². The van der Waals surface area contributed by atoms with Crippen LogP contribution in [-0.2, 0) is 0 Å². The molecular weight excluding hydrogens is 304 g/mol. The van der Waals surface area contributed by atoms with E-state index in [1.54, 1.807) is 0 Å². The first-order valence-electron chi connectivity index (χ1n) is 7.02. The molecule has 0 spiro atoms. The maximum Gasteiger partial charge on any atom is 0.186 e. The minimum absolute atomic E-state index is 0.219. The van der Waals surface area contributed by atoms with E-state index in [0.29, 0.717) is 6.54 Å². The summed E-state index contributed by atoms with van der Waals surface area (Å²) in [4.78, 5) is 17.5. The van der Waals surface area contributed by atoms with Crippen molar-refractivity contribution in [3.63, 3.8) is 0 Å². The Morgan fingerprint density at radius 3 is 2.52 bits per heavy atom. The molecule has 0 aliphatic carbocycles. The highest BCUT2D eigenvalue weighted by molar-refractivity contribution is 7.12. The molecule has 1 fully saturated rings. The third-order valence-corrected chi connectivity index (χ3v) is 4.96. The monoisotopic (exact) mass is 320 g/mol. The van der Waals surface area contributed by atoms with Crippen LogP contribution in [0.15, 0.2) is 41.8 Å². The first kappa shape index (κ1) is 14.6. The number of carbonyl (C=O) groups excluding carboxylic acids is 1. The number of hydrogen-bond acceptors (Lipinski definition) is 4. The standard InChI is InChI=1S/C16H17ClN2OS/c17-13-4-1-2-5-14(13)19-9-7-18(8-10-19)12-15(20)16-6-3-11-21-16/h1-6,11H,7-10,12H2. The molecule has 1 aliphatic heterocycles. The molecule has 0 bridgehead atoms. The second-order valence-electron chi connectivity index (χ2n) is 5.12. The molecule has 21 heavy (non-hydrogen) atoms. The summed E-state index contributed by atoms with van der Waals surface area (Å²) >= 11 is 7.75. The largest absolute Gasteiger partial charge is 0.368 e. The van der Waals surface area contributed by atoms with Gasteiger partial charge in [-0.05, 0) is 23.6 Å². The SMILES string of the molecule is O=C(CN1CCN(c2ccccc2Cl)CC1)c1cccs1. The first-order valence-corrected chi connectivity index (χ1v) is 8.28. The summed E-state index contributed by atoms with van der Waals surface area (Å²) in [7, 11) is 0. The van der Waals surface area contributed by atoms with Crippen molar-refractivity contribution in [2.24, 2.45) is 0 Å². The fraction of sp³-hybridized carbons (Fsp3) is 0.312. The average Bonchev–Trinajstić information content (AvgIpc) is 3.03. The van der Waals surface area contributed by atoms with Gasteiger partial charge in [0, 0.05) is 26.2 Å². The molecule has 0 atom stereocenters. The fourth-order valence-electron chi connectivity index (χ4n) is 2.57. The lowest BCUT2D eigenvalue weighted by Gasteiger charge is -2.36. The minimum Gasteiger partial charge on any atom is -0.368 e. The molecule has 5 heteroatoms. The van der Waals surface area contributed by atoms with Gasteiger partial charge in [-0.25, -0.2) is 0 Å². The normalized spacial score (nSPS) is 16.1. The second kappa shape index (κ2) is 6.60. The lowest BCUT2D eigenvalue weighted by Crippen LogP contribution is -2.48. The molecule has 3 nitrogen and oxygen atoms in total. The number of halogens is 1. The predicted octanol–water partition coefficient (Wildman–Crippen LogP) is 3.41. The summed E-state index contributed by atoms with van der Waals surface area (Å²) in [6, 6.07) is 11.7. The van der Waals surface area contributed by atoms with Crippen LogP contribution >= 0.6 is 22.9 Å². The zero-order valence-corrected chi connectivity index (χ0v) is 13.2. The Labute approximate surface area is 133 Å². The van der Waals surface area contributed by atoms with Gasteiger partial charge < -0.3 is 4.90 Å². The zero-order chi connectivity index (χ0) is 14.7. The zero-order valence-electron chi connectivity index (χ0n) is 11.7. The van der Waals surface area contributed by atoms with Crippen LogP contribution in [0.3, 0.4) is 0 Å². The number of para-hydroxylation sites is 1. The summed E-state index contributed by atoms with van der Waals surface area (Å²) in [6.45, 7) is 4.10. The van der Waals surface area contributed by atoms with Gasteiger partial charge in [0.1, 0.15) is 0 Å². The van der Waals surface area contributed by atoms with Crippen molar-refractivity contribution in [1.29, 1.82) is 0 Å². The Balaban J connectivity index is 1.56. The van der Waals surface area contributed by atoms with Crippen molar-refractivity contribution in [2.75, 3.05) is 37.6 Å². The number of nitrogens with zero attached hydrogens (tertiary/aromatic N) is 2.